The maximum Gasteiger partial charge on any atom is 0.127 e. The maximum atomic E-state index is 13.2. The van der Waals surface area contributed by atoms with Crippen LogP contribution in [-0.2, 0) is 16.6 Å². The molecule has 0 radical (unpaired) electrons. The lowest BCUT2D eigenvalue weighted by Crippen LogP contribution is -2.23. The van der Waals surface area contributed by atoms with Gasteiger partial charge >= 0.3 is 0 Å². The molecule has 2 N–H and O–H groups in total. The summed E-state index contributed by atoms with van der Waals surface area (Å²) < 4.78 is 24.7. The van der Waals surface area contributed by atoms with Gasteiger partial charge in [0.15, 0.2) is 0 Å². The molecule has 78 valence electrons. The molecule has 0 saturated heterocycles. The Labute approximate surface area is 85.8 Å². The van der Waals surface area contributed by atoms with E-state index in [1.165, 1.54) is 6.07 Å². The van der Waals surface area contributed by atoms with Crippen molar-refractivity contribution < 1.29 is 8.60 Å². The smallest absolute Gasteiger partial charge is 0.127 e. The van der Waals surface area contributed by atoms with Gasteiger partial charge in [0.25, 0.3) is 0 Å². The highest BCUT2D eigenvalue weighted by Gasteiger charge is 2.11. The molecular weight excluding hydrogens is 201 g/mol. The summed E-state index contributed by atoms with van der Waals surface area (Å²) in [6, 6.07) is 6.38. The summed E-state index contributed by atoms with van der Waals surface area (Å²) in [5.74, 6) is -0.0597. The van der Waals surface area contributed by atoms with Crippen molar-refractivity contribution in [3.05, 3.63) is 35.6 Å². The normalized spacial score (nSPS) is 15.1. The summed E-state index contributed by atoms with van der Waals surface area (Å²) in [6.07, 6.45) is 0. The minimum absolute atomic E-state index is 0.0883. The van der Waals surface area contributed by atoms with Crippen molar-refractivity contribution in [2.75, 3.05) is 6.54 Å². The molecule has 1 rings (SSSR count). The van der Waals surface area contributed by atoms with Crippen molar-refractivity contribution >= 4 is 10.8 Å². The summed E-state index contributed by atoms with van der Waals surface area (Å²) in [5.41, 5.74) is 5.87. The Kier molecular flexibility index (Phi) is 4.22. The second-order valence-electron chi connectivity index (χ2n) is 3.16. The van der Waals surface area contributed by atoms with Crippen LogP contribution in [0.4, 0.5) is 4.39 Å². The van der Waals surface area contributed by atoms with E-state index in [4.69, 9.17) is 5.73 Å². The SMILES string of the molecule is CC(CN)S(=O)Cc1ccccc1F. The Morgan fingerprint density at radius 3 is 2.71 bits per heavy atom. The van der Waals surface area contributed by atoms with E-state index in [0.717, 1.165) is 0 Å². The van der Waals surface area contributed by atoms with Gasteiger partial charge in [0.1, 0.15) is 5.82 Å². The molecule has 0 aromatic heterocycles. The fourth-order valence-corrected chi connectivity index (χ4v) is 2.06. The molecule has 0 spiro atoms. The van der Waals surface area contributed by atoms with Gasteiger partial charge in [0.2, 0.25) is 0 Å². The summed E-state index contributed by atoms with van der Waals surface area (Å²) in [7, 11) is -1.09. The van der Waals surface area contributed by atoms with Crippen LogP contribution in [0.15, 0.2) is 24.3 Å². The molecule has 4 heteroatoms. The van der Waals surface area contributed by atoms with Crippen molar-refractivity contribution in [2.24, 2.45) is 5.73 Å². The fourth-order valence-electron chi connectivity index (χ4n) is 1.02. The van der Waals surface area contributed by atoms with Crippen molar-refractivity contribution in [3.63, 3.8) is 0 Å². The zero-order chi connectivity index (χ0) is 10.6. The third kappa shape index (κ3) is 2.89. The van der Waals surface area contributed by atoms with E-state index in [1.54, 1.807) is 25.1 Å². The standard InChI is InChI=1S/C10H14FNOS/c1-8(6-12)14(13)7-9-4-2-3-5-10(9)11/h2-5,8H,6-7,12H2,1H3. The zero-order valence-electron chi connectivity index (χ0n) is 8.07. The molecule has 1 aromatic rings. The van der Waals surface area contributed by atoms with Gasteiger partial charge in [-0.2, -0.15) is 0 Å². The molecule has 0 bridgehead atoms. The van der Waals surface area contributed by atoms with E-state index < -0.39 is 10.8 Å². The van der Waals surface area contributed by atoms with Gasteiger partial charge in [-0.15, -0.1) is 0 Å². The first-order valence-corrected chi connectivity index (χ1v) is 5.84. The average molecular weight is 215 g/mol. The molecule has 1 aromatic carbocycles. The molecule has 0 aliphatic heterocycles. The van der Waals surface area contributed by atoms with Crippen LogP contribution in [0.5, 0.6) is 0 Å². The molecule has 2 nitrogen and oxygen atoms in total. The second kappa shape index (κ2) is 5.22. The molecule has 0 heterocycles. The first-order valence-electron chi connectivity index (χ1n) is 4.45. The highest BCUT2D eigenvalue weighted by atomic mass is 32.2. The van der Waals surface area contributed by atoms with Crippen molar-refractivity contribution in [1.29, 1.82) is 0 Å². The molecule has 2 unspecified atom stereocenters. The highest BCUT2D eigenvalue weighted by Crippen LogP contribution is 2.10. The molecular formula is C10H14FNOS. The van der Waals surface area contributed by atoms with Crippen LogP contribution < -0.4 is 5.73 Å². The molecule has 0 aliphatic carbocycles. The number of benzene rings is 1. The van der Waals surface area contributed by atoms with E-state index >= 15 is 0 Å². The second-order valence-corrected chi connectivity index (χ2v) is 5.02. The van der Waals surface area contributed by atoms with Gasteiger partial charge in [-0.25, -0.2) is 4.39 Å². The summed E-state index contributed by atoms with van der Waals surface area (Å²) in [4.78, 5) is 0. The third-order valence-electron chi connectivity index (χ3n) is 2.04. The van der Waals surface area contributed by atoms with Gasteiger partial charge in [-0.1, -0.05) is 18.2 Å². The van der Waals surface area contributed by atoms with E-state index in [9.17, 15) is 8.60 Å². The topological polar surface area (TPSA) is 43.1 Å². The predicted octanol–water partition coefficient (Wildman–Crippen LogP) is 1.42. The lowest BCUT2D eigenvalue weighted by atomic mass is 10.2. The zero-order valence-corrected chi connectivity index (χ0v) is 8.89. The number of halogens is 1. The van der Waals surface area contributed by atoms with Crippen LogP contribution in [0, 0.1) is 5.82 Å². The van der Waals surface area contributed by atoms with E-state index in [2.05, 4.69) is 0 Å². The van der Waals surface area contributed by atoms with E-state index in [0.29, 0.717) is 12.1 Å². The Morgan fingerprint density at radius 2 is 2.14 bits per heavy atom. The van der Waals surface area contributed by atoms with Crippen LogP contribution in [0.3, 0.4) is 0 Å². The average Bonchev–Trinajstić information content (AvgIpc) is 2.20. The van der Waals surface area contributed by atoms with Gasteiger partial charge in [-0.05, 0) is 13.0 Å². The van der Waals surface area contributed by atoms with Crippen molar-refractivity contribution in [1.82, 2.24) is 0 Å². The van der Waals surface area contributed by atoms with Gasteiger partial charge in [0, 0.05) is 28.2 Å². The van der Waals surface area contributed by atoms with E-state index in [1.807, 2.05) is 0 Å². The first kappa shape index (κ1) is 11.3. The van der Waals surface area contributed by atoms with Crippen LogP contribution in [-0.4, -0.2) is 16.0 Å². The van der Waals surface area contributed by atoms with Crippen LogP contribution in [0.1, 0.15) is 12.5 Å². The van der Waals surface area contributed by atoms with Crippen molar-refractivity contribution in [2.45, 2.75) is 17.9 Å². The van der Waals surface area contributed by atoms with Crippen molar-refractivity contribution in [3.8, 4) is 0 Å². The third-order valence-corrected chi connectivity index (χ3v) is 3.72. The maximum absolute atomic E-state index is 13.2. The minimum atomic E-state index is -1.09. The summed E-state index contributed by atoms with van der Waals surface area (Å²) in [6.45, 7) is 2.16. The van der Waals surface area contributed by atoms with Crippen LogP contribution in [0.25, 0.3) is 0 Å². The Bertz CT molecular complexity index is 330. The number of nitrogens with two attached hydrogens (primary N) is 1. The number of rotatable bonds is 4. The first-order chi connectivity index (χ1) is 6.65. The molecule has 2 atom stereocenters. The Balaban J connectivity index is 2.70. The Morgan fingerprint density at radius 1 is 1.50 bits per heavy atom. The number of hydrogen-bond acceptors (Lipinski definition) is 2. The summed E-state index contributed by atoms with van der Waals surface area (Å²) in [5, 5.41) is -0.0883. The Hall–Kier alpha value is -0.740. The molecule has 0 saturated carbocycles. The van der Waals surface area contributed by atoms with Crippen LogP contribution in [0.2, 0.25) is 0 Å². The van der Waals surface area contributed by atoms with Gasteiger partial charge in [-0.3, -0.25) is 4.21 Å². The number of hydrogen-bond donors (Lipinski definition) is 1. The predicted molar refractivity (Wildman–Crippen MR) is 56.8 cm³/mol. The molecule has 0 amide bonds. The van der Waals surface area contributed by atoms with Crippen LogP contribution >= 0.6 is 0 Å². The van der Waals surface area contributed by atoms with E-state index in [-0.39, 0.29) is 16.8 Å². The lowest BCUT2D eigenvalue weighted by Gasteiger charge is -2.08. The molecule has 0 aliphatic rings. The quantitative estimate of drug-likeness (QED) is 0.825. The van der Waals surface area contributed by atoms with Gasteiger partial charge < -0.3 is 5.73 Å². The highest BCUT2D eigenvalue weighted by molar-refractivity contribution is 7.84. The fraction of sp³-hybridized carbons (Fsp3) is 0.400. The molecule has 14 heavy (non-hydrogen) atoms. The van der Waals surface area contributed by atoms with Gasteiger partial charge in [0.05, 0.1) is 5.75 Å². The minimum Gasteiger partial charge on any atom is -0.329 e. The lowest BCUT2D eigenvalue weighted by molar-refractivity contribution is 0.614. The monoisotopic (exact) mass is 215 g/mol. The largest absolute Gasteiger partial charge is 0.329 e. The summed E-state index contributed by atoms with van der Waals surface area (Å²) >= 11 is 0. The molecule has 0 fully saturated rings.